The zero-order valence-corrected chi connectivity index (χ0v) is 10.3. The number of hydrazine groups is 1. The van der Waals surface area contributed by atoms with E-state index in [9.17, 15) is 8.78 Å². The van der Waals surface area contributed by atoms with E-state index >= 15 is 0 Å². The second-order valence-corrected chi connectivity index (χ2v) is 4.41. The minimum Gasteiger partial charge on any atom is -0.375 e. The van der Waals surface area contributed by atoms with Gasteiger partial charge in [0.15, 0.2) is 23.3 Å². The molecule has 0 aromatic carbocycles. The first kappa shape index (κ1) is 13.0. The SMILES string of the molecule is CC1CN(c2nc(NN)c(F)cc2F)C(C)CO1. The number of anilines is 2. The Morgan fingerprint density at radius 3 is 2.83 bits per heavy atom. The van der Waals surface area contributed by atoms with Gasteiger partial charge in [-0.3, -0.25) is 0 Å². The summed E-state index contributed by atoms with van der Waals surface area (Å²) in [5, 5.41) is 0. The normalized spacial score (nSPS) is 24.2. The van der Waals surface area contributed by atoms with Crippen LogP contribution in [0.1, 0.15) is 13.8 Å². The monoisotopic (exact) mass is 258 g/mol. The first-order chi connectivity index (χ1) is 8.52. The smallest absolute Gasteiger partial charge is 0.178 e. The summed E-state index contributed by atoms with van der Waals surface area (Å²) >= 11 is 0. The maximum atomic E-state index is 13.8. The third kappa shape index (κ3) is 2.37. The fourth-order valence-electron chi connectivity index (χ4n) is 1.96. The van der Waals surface area contributed by atoms with Crippen molar-refractivity contribution in [2.24, 2.45) is 5.84 Å². The van der Waals surface area contributed by atoms with Crippen molar-refractivity contribution in [2.75, 3.05) is 23.5 Å². The van der Waals surface area contributed by atoms with E-state index in [1.807, 2.05) is 13.8 Å². The standard InChI is InChI=1S/C11H16F2N4O/c1-6-5-18-7(2)4-17(6)11-9(13)3-8(12)10(15-11)16-14/h3,6-7H,4-5,14H2,1-2H3,(H,15,16). The van der Waals surface area contributed by atoms with Crippen molar-refractivity contribution in [3.05, 3.63) is 17.7 Å². The molecule has 18 heavy (non-hydrogen) atoms. The summed E-state index contributed by atoms with van der Waals surface area (Å²) in [5.74, 6) is 3.55. The Bertz CT molecular complexity index is 443. The van der Waals surface area contributed by atoms with Crippen LogP contribution in [0.25, 0.3) is 0 Å². The van der Waals surface area contributed by atoms with Crippen LogP contribution in [-0.2, 0) is 4.74 Å². The molecule has 1 aromatic rings. The van der Waals surface area contributed by atoms with Crippen LogP contribution in [-0.4, -0.2) is 30.3 Å². The van der Waals surface area contributed by atoms with E-state index in [0.717, 1.165) is 6.07 Å². The van der Waals surface area contributed by atoms with E-state index in [4.69, 9.17) is 10.6 Å². The Kier molecular flexibility index (Phi) is 3.63. The van der Waals surface area contributed by atoms with Crippen molar-refractivity contribution in [2.45, 2.75) is 26.0 Å². The van der Waals surface area contributed by atoms with Crippen LogP contribution in [0.15, 0.2) is 6.07 Å². The lowest BCUT2D eigenvalue weighted by Crippen LogP contribution is -2.48. The highest BCUT2D eigenvalue weighted by atomic mass is 19.1. The number of hydrogen-bond acceptors (Lipinski definition) is 5. The maximum Gasteiger partial charge on any atom is 0.178 e. The van der Waals surface area contributed by atoms with Crippen molar-refractivity contribution in [1.29, 1.82) is 0 Å². The molecule has 1 aromatic heterocycles. The predicted molar refractivity (Wildman–Crippen MR) is 64.2 cm³/mol. The molecule has 1 fully saturated rings. The lowest BCUT2D eigenvalue weighted by Gasteiger charge is -2.37. The van der Waals surface area contributed by atoms with Crippen molar-refractivity contribution >= 4 is 11.6 Å². The highest BCUT2D eigenvalue weighted by Crippen LogP contribution is 2.25. The molecule has 0 radical (unpaired) electrons. The van der Waals surface area contributed by atoms with Gasteiger partial charge in [-0.05, 0) is 13.8 Å². The number of hydrogen-bond donors (Lipinski definition) is 2. The number of rotatable bonds is 2. The first-order valence-corrected chi connectivity index (χ1v) is 5.73. The number of nitrogen functional groups attached to an aromatic ring is 1. The van der Waals surface area contributed by atoms with E-state index < -0.39 is 11.6 Å². The molecule has 100 valence electrons. The van der Waals surface area contributed by atoms with Gasteiger partial charge in [0.25, 0.3) is 0 Å². The molecule has 0 spiro atoms. The highest BCUT2D eigenvalue weighted by molar-refractivity contribution is 5.49. The molecule has 0 saturated carbocycles. The molecule has 7 heteroatoms. The summed E-state index contributed by atoms with van der Waals surface area (Å²) in [6.45, 7) is 4.76. The molecule has 2 atom stereocenters. The minimum absolute atomic E-state index is 0.0262. The largest absolute Gasteiger partial charge is 0.375 e. The molecule has 2 heterocycles. The van der Waals surface area contributed by atoms with E-state index in [-0.39, 0.29) is 23.8 Å². The lowest BCUT2D eigenvalue weighted by molar-refractivity contribution is 0.0337. The third-order valence-corrected chi connectivity index (χ3v) is 2.93. The average Bonchev–Trinajstić information content (AvgIpc) is 2.33. The summed E-state index contributed by atoms with van der Waals surface area (Å²) < 4.78 is 32.5. The lowest BCUT2D eigenvalue weighted by atomic mass is 10.2. The number of halogens is 2. The Labute approximate surface area is 104 Å². The van der Waals surface area contributed by atoms with Gasteiger partial charge in [0, 0.05) is 12.6 Å². The third-order valence-electron chi connectivity index (χ3n) is 2.93. The van der Waals surface area contributed by atoms with Gasteiger partial charge in [0.05, 0.1) is 18.8 Å². The van der Waals surface area contributed by atoms with Crippen molar-refractivity contribution in [3.8, 4) is 0 Å². The molecule has 0 aliphatic carbocycles. The van der Waals surface area contributed by atoms with Gasteiger partial charge in [-0.15, -0.1) is 0 Å². The van der Waals surface area contributed by atoms with Crippen LogP contribution in [0, 0.1) is 11.6 Å². The van der Waals surface area contributed by atoms with Crippen LogP contribution in [0.3, 0.4) is 0 Å². The summed E-state index contributed by atoms with van der Waals surface area (Å²) in [7, 11) is 0. The van der Waals surface area contributed by atoms with Crippen LogP contribution < -0.4 is 16.2 Å². The van der Waals surface area contributed by atoms with Gasteiger partial charge < -0.3 is 15.1 Å². The second-order valence-electron chi connectivity index (χ2n) is 4.41. The van der Waals surface area contributed by atoms with E-state index in [2.05, 4.69) is 10.4 Å². The zero-order valence-electron chi connectivity index (χ0n) is 10.3. The highest BCUT2D eigenvalue weighted by Gasteiger charge is 2.27. The Hall–Kier alpha value is -1.47. The summed E-state index contributed by atoms with van der Waals surface area (Å²) in [5.41, 5.74) is 2.12. The molecule has 3 N–H and O–H groups in total. The number of ether oxygens (including phenoxy) is 1. The Balaban J connectivity index is 2.36. The van der Waals surface area contributed by atoms with Gasteiger partial charge in [-0.1, -0.05) is 0 Å². The number of aromatic nitrogens is 1. The van der Waals surface area contributed by atoms with Crippen LogP contribution >= 0.6 is 0 Å². The summed E-state index contributed by atoms with van der Waals surface area (Å²) in [6, 6.07) is 0.754. The zero-order chi connectivity index (χ0) is 13.3. The number of nitrogens with two attached hydrogens (primary N) is 1. The van der Waals surface area contributed by atoms with Gasteiger partial charge in [0.2, 0.25) is 0 Å². The second kappa shape index (κ2) is 5.03. The summed E-state index contributed by atoms with van der Waals surface area (Å²) in [6.07, 6.45) is -0.0262. The van der Waals surface area contributed by atoms with E-state index in [1.54, 1.807) is 4.90 Å². The average molecular weight is 258 g/mol. The fraction of sp³-hybridized carbons (Fsp3) is 0.545. The van der Waals surface area contributed by atoms with Gasteiger partial charge in [0.1, 0.15) is 0 Å². The number of nitrogens with zero attached hydrogens (tertiary/aromatic N) is 2. The maximum absolute atomic E-state index is 13.8. The fourth-order valence-corrected chi connectivity index (χ4v) is 1.96. The van der Waals surface area contributed by atoms with E-state index in [1.165, 1.54) is 0 Å². The van der Waals surface area contributed by atoms with Crippen LogP contribution in [0.2, 0.25) is 0 Å². The molecule has 0 amide bonds. The summed E-state index contributed by atoms with van der Waals surface area (Å²) in [4.78, 5) is 5.64. The number of nitrogens with one attached hydrogen (secondary N) is 1. The number of pyridine rings is 1. The molecule has 2 unspecified atom stereocenters. The molecular formula is C11H16F2N4O. The molecule has 1 aliphatic heterocycles. The van der Waals surface area contributed by atoms with E-state index in [0.29, 0.717) is 13.2 Å². The molecule has 5 nitrogen and oxygen atoms in total. The van der Waals surface area contributed by atoms with Crippen LogP contribution in [0.4, 0.5) is 20.4 Å². The van der Waals surface area contributed by atoms with Gasteiger partial charge in [-0.25, -0.2) is 19.6 Å². The van der Waals surface area contributed by atoms with Gasteiger partial charge in [-0.2, -0.15) is 0 Å². The molecular weight excluding hydrogens is 242 g/mol. The van der Waals surface area contributed by atoms with Gasteiger partial charge >= 0.3 is 0 Å². The Morgan fingerprint density at radius 1 is 1.44 bits per heavy atom. The molecule has 1 aliphatic rings. The molecule has 0 bridgehead atoms. The molecule has 1 saturated heterocycles. The Morgan fingerprint density at radius 2 is 2.17 bits per heavy atom. The van der Waals surface area contributed by atoms with Crippen LogP contribution in [0.5, 0.6) is 0 Å². The van der Waals surface area contributed by atoms with Crippen molar-refractivity contribution in [3.63, 3.8) is 0 Å². The minimum atomic E-state index is -0.812. The van der Waals surface area contributed by atoms with Crippen molar-refractivity contribution < 1.29 is 13.5 Å². The number of morpholine rings is 1. The van der Waals surface area contributed by atoms with Crippen molar-refractivity contribution in [1.82, 2.24) is 4.98 Å². The quantitative estimate of drug-likeness (QED) is 0.617. The predicted octanol–water partition coefficient (Wildman–Crippen LogP) is 1.26. The molecule has 2 rings (SSSR count). The first-order valence-electron chi connectivity index (χ1n) is 5.73. The topological polar surface area (TPSA) is 63.4 Å².